The van der Waals surface area contributed by atoms with Gasteiger partial charge in [0, 0.05) is 27.8 Å². The van der Waals surface area contributed by atoms with E-state index in [9.17, 15) is 43.9 Å². The Morgan fingerprint density at radius 2 is 0.318 bits per heavy atom. The molecule has 0 unspecified atom stereocenters. The number of pyridine rings is 5. The maximum Gasteiger partial charge on any atom is 0.218 e. The molecule has 0 spiro atoms. The second-order valence-corrected chi connectivity index (χ2v) is 15.1. The first-order chi connectivity index (χ1) is 42.7. The molecule has 0 aliphatic heterocycles. The van der Waals surface area contributed by atoms with Gasteiger partial charge in [-0.25, -0.2) is 15.0 Å². The van der Waals surface area contributed by atoms with Crippen LogP contribution in [0, 0.1) is 59.5 Å². The molecule has 476 valence electrons. The molecule has 0 N–H and O–H groups in total. The van der Waals surface area contributed by atoms with Crippen molar-refractivity contribution in [2.45, 2.75) is 122 Å². The smallest absolute Gasteiger partial charge is 0.218 e. The monoisotopic (exact) mass is 1230 g/mol. The molecule has 18 heteroatoms. The van der Waals surface area contributed by atoms with Crippen LogP contribution >= 0.6 is 0 Å². The summed E-state index contributed by atoms with van der Waals surface area (Å²) in [6, 6.07) is 60.8. The van der Waals surface area contributed by atoms with Crippen LogP contribution in [-0.2, 0) is 32.1 Å². The zero-order chi connectivity index (χ0) is 67.0. The van der Waals surface area contributed by atoms with Gasteiger partial charge in [0.2, 0.25) is 59.5 Å². The van der Waals surface area contributed by atoms with Crippen LogP contribution in [0.4, 0.5) is 43.9 Å². The van der Waals surface area contributed by atoms with Crippen LogP contribution < -0.4 is 0 Å². The number of rotatable bonds is 5. The molecule has 4 aromatic carbocycles. The van der Waals surface area contributed by atoms with Gasteiger partial charge in [-0.2, -0.15) is 68.8 Å². The molecule has 6 heterocycles. The molecular formula is C70H86F10N8. The van der Waals surface area contributed by atoms with E-state index in [1.807, 2.05) is 201 Å². The normalized spacial score (nSPS) is 8.62. The Morgan fingerprint density at radius 3 is 0.398 bits per heavy atom. The zero-order valence-corrected chi connectivity index (χ0v) is 52.8. The van der Waals surface area contributed by atoms with E-state index in [1.165, 1.54) is 49.3 Å². The molecule has 0 atom stereocenters. The van der Waals surface area contributed by atoms with Crippen molar-refractivity contribution in [1.82, 2.24) is 39.9 Å². The fourth-order valence-electron chi connectivity index (χ4n) is 5.27. The van der Waals surface area contributed by atoms with Gasteiger partial charge in [0.15, 0.2) is 0 Å². The summed E-state index contributed by atoms with van der Waals surface area (Å²) in [5.74, 6) is -7.37. The first-order valence-corrected chi connectivity index (χ1v) is 28.8. The summed E-state index contributed by atoms with van der Waals surface area (Å²) in [6.45, 7) is 24.9. The van der Waals surface area contributed by atoms with Crippen LogP contribution in [0.3, 0.4) is 0 Å². The van der Waals surface area contributed by atoms with Crippen molar-refractivity contribution in [3.05, 3.63) is 313 Å². The third kappa shape index (κ3) is 48.2. The molecule has 0 fully saturated rings. The highest BCUT2D eigenvalue weighted by molar-refractivity contribution is 5.14. The molecule has 0 amide bonds. The summed E-state index contributed by atoms with van der Waals surface area (Å²) in [6.07, 6.45) is 7.02. The van der Waals surface area contributed by atoms with Crippen LogP contribution in [0.5, 0.6) is 0 Å². The Labute approximate surface area is 516 Å². The molecule has 0 aliphatic rings. The third-order valence-electron chi connectivity index (χ3n) is 9.43. The number of aromatic nitrogens is 8. The van der Waals surface area contributed by atoms with E-state index in [0.29, 0.717) is 59.9 Å². The van der Waals surface area contributed by atoms with Crippen LogP contribution in [0.2, 0.25) is 0 Å². The number of halogens is 10. The second-order valence-electron chi connectivity index (χ2n) is 15.1. The Hall–Kier alpha value is -9.06. The predicted molar refractivity (Wildman–Crippen MR) is 339 cm³/mol. The summed E-state index contributed by atoms with van der Waals surface area (Å²) in [5.41, 5.74) is 2.23. The Balaban J connectivity index is -0.000000442. The van der Waals surface area contributed by atoms with Crippen molar-refractivity contribution in [3.63, 3.8) is 0 Å². The predicted octanol–water partition coefficient (Wildman–Crippen LogP) is 20.3. The Bertz CT molecular complexity index is 2440. The van der Waals surface area contributed by atoms with Gasteiger partial charge in [0.05, 0.1) is 0 Å². The van der Waals surface area contributed by atoms with Crippen LogP contribution in [0.25, 0.3) is 0 Å². The molecule has 0 radical (unpaired) electrons. The van der Waals surface area contributed by atoms with Crippen LogP contribution in [0.1, 0.15) is 118 Å². The first kappa shape index (κ1) is 85.4. The van der Waals surface area contributed by atoms with Crippen molar-refractivity contribution in [1.29, 1.82) is 0 Å². The number of benzene rings is 4. The number of nitrogens with zero attached hydrogens (tertiary/aromatic N) is 8. The Morgan fingerprint density at radius 1 is 0.205 bits per heavy atom. The SMILES string of the molecule is CC.CC.CC.CC.CCc1ccc(F)nc1F.CCc1ccc(F)nc1F.CCc1ccc(F)nc1F.CCc1ccc(F)nc1F.CCc1ccc(F)nc1F.c1ccccc1.c1ccccc1.c1ccccc1.c1ccccc1.c1ncncn1. The van der Waals surface area contributed by atoms with Gasteiger partial charge >= 0.3 is 0 Å². The fourth-order valence-corrected chi connectivity index (χ4v) is 5.27. The van der Waals surface area contributed by atoms with E-state index in [4.69, 9.17) is 0 Å². The summed E-state index contributed by atoms with van der Waals surface area (Å²) in [4.78, 5) is 25.7. The summed E-state index contributed by atoms with van der Waals surface area (Å²) < 4.78 is 123. The molecule has 10 rings (SSSR count). The quantitative estimate of drug-likeness (QED) is 0.124. The minimum atomic E-state index is -0.769. The topological polar surface area (TPSA) is 103 Å². The van der Waals surface area contributed by atoms with Crippen LogP contribution in [-0.4, -0.2) is 39.9 Å². The lowest BCUT2D eigenvalue weighted by molar-refractivity contribution is 0.503. The first-order valence-electron chi connectivity index (χ1n) is 28.8. The van der Waals surface area contributed by atoms with Gasteiger partial charge in [-0.15, -0.1) is 0 Å². The van der Waals surface area contributed by atoms with Gasteiger partial charge in [-0.1, -0.05) is 236 Å². The number of aryl methyl sites for hydroxylation is 5. The standard InChI is InChI=1S/5C7H7F2N.4C6H6.C3H3N3.4C2H6/c5*1-2-5-3-4-6(8)10-7(5)9;4*1-2-4-6-5-3-1;1-4-2-6-3-5-1;4*1-2/h5*3-4H,2H2,1H3;4*1-6H;1-3H;4*1-2H3. The zero-order valence-electron chi connectivity index (χ0n) is 52.8. The highest BCUT2D eigenvalue weighted by Crippen LogP contribution is 2.09. The summed E-state index contributed by atoms with van der Waals surface area (Å²) >= 11 is 0. The third-order valence-corrected chi connectivity index (χ3v) is 9.43. The molecule has 0 saturated carbocycles. The number of hydrogen-bond donors (Lipinski definition) is 0. The lowest BCUT2D eigenvalue weighted by atomic mass is 10.2. The van der Waals surface area contributed by atoms with Crippen LogP contribution in [0.15, 0.2) is 225 Å². The van der Waals surface area contributed by atoms with E-state index in [1.54, 1.807) is 34.6 Å². The molecule has 88 heavy (non-hydrogen) atoms. The molecule has 0 aliphatic carbocycles. The highest BCUT2D eigenvalue weighted by Gasteiger charge is 2.04. The molecule has 0 bridgehead atoms. The average Bonchev–Trinajstić information content (AvgIpc) is 3.66. The van der Waals surface area contributed by atoms with Crippen molar-refractivity contribution in [2.24, 2.45) is 0 Å². The van der Waals surface area contributed by atoms with E-state index in [-0.39, 0.29) is 0 Å². The van der Waals surface area contributed by atoms with E-state index in [2.05, 4.69) is 39.9 Å². The van der Waals surface area contributed by atoms with Gasteiger partial charge in [0.25, 0.3) is 0 Å². The number of hydrogen-bond acceptors (Lipinski definition) is 8. The molecular weight excluding hydrogens is 1140 g/mol. The second kappa shape index (κ2) is 62.5. The van der Waals surface area contributed by atoms with Gasteiger partial charge < -0.3 is 0 Å². The Kier molecular flexibility index (Phi) is 60.6. The summed E-state index contributed by atoms with van der Waals surface area (Å²) in [5, 5.41) is 0. The van der Waals surface area contributed by atoms with Crippen molar-refractivity contribution in [2.75, 3.05) is 0 Å². The minimum absolute atomic E-state index is 0.446. The van der Waals surface area contributed by atoms with Crippen molar-refractivity contribution < 1.29 is 43.9 Å². The van der Waals surface area contributed by atoms with Gasteiger partial charge in [-0.3, -0.25) is 0 Å². The average molecular weight is 1230 g/mol. The fraction of sp³-hybridized carbons (Fsp3) is 0.257. The molecule has 10 aromatic rings. The van der Waals surface area contributed by atoms with E-state index >= 15 is 0 Å². The maximum atomic E-state index is 12.5. The largest absolute Gasteiger partial charge is 0.225 e. The van der Waals surface area contributed by atoms with E-state index < -0.39 is 59.5 Å². The van der Waals surface area contributed by atoms with Gasteiger partial charge in [0.1, 0.15) is 19.0 Å². The van der Waals surface area contributed by atoms with E-state index in [0.717, 1.165) is 30.3 Å². The maximum absolute atomic E-state index is 12.5. The lowest BCUT2D eigenvalue weighted by Gasteiger charge is -1.95. The molecule has 0 saturated heterocycles. The van der Waals surface area contributed by atoms with Gasteiger partial charge in [-0.05, 0) is 92.8 Å². The molecule has 8 nitrogen and oxygen atoms in total. The lowest BCUT2D eigenvalue weighted by Crippen LogP contribution is -1.93. The summed E-state index contributed by atoms with van der Waals surface area (Å²) in [7, 11) is 0. The minimum Gasteiger partial charge on any atom is -0.225 e. The highest BCUT2D eigenvalue weighted by atomic mass is 19.2. The molecule has 6 aromatic heterocycles. The van der Waals surface area contributed by atoms with Crippen molar-refractivity contribution >= 4 is 0 Å². The van der Waals surface area contributed by atoms with Crippen molar-refractivity contribution in [3.8, 4) is 0 Å².